The van der Waals surface area contributed by atoms with Gasteiger partial charge in [0.05, 0.1) is 0 Å². The molecular formula is C15H22N2. The van der Waals surface area contributed by atoms with Crippen molar-refractivity contribution in [3.05, 3.63) is 29.8 Å². The number of nitrogens with two attached hydrogens (primary N) is 1. The van der Waals surface area contributed by atoms with Crippen LogP contribution in [0.4, 0.5) is 5.69 Å². The lowest BCUT2D eigenvalue weighted by molar-refractivity contribution is 0.447. The van der Waals surface area contributed by atoms with Crippen molar-refractivity contribution in [3.8, 4) is 0 Å². The Morgan fingerprint density at radius 2 is 2.12 bits per heavy atom. The third kappa shape index (κ3) is 1.85. The minimum Gasteiger partial charge on any atom is -0.366 e. The topological polar surface area (TPSA) is 29.3 Å². The summed E-state index contributed by atoms with van der Waals surface area (Å²) in [5.41, 5.74) is 9.48. The van der Waals surface area contributed by atoms with E-state index in [1.807, 2.05) is 0 Å². The van der Waals surface area contributed by atoms with Crippen LogP contribution in [-0.2, 0) is 6.42 Å². The molecule has 1 heterocycles. The summed E-state index contributed by atoms with van der Waals surface area (Å²) in [7, 11) is 0. The molecule has 2 nitrogen and oxygen atoms in total. The highest BCUT2D eigenvalue weighted by atomic mass is 15.2. The van der Waals surface area contributed by atoms with Crippen LogP contribution in [0.1, 0.15) is 38.2 Å². The summed E-state index contributed by atoms with van der Waals surface area (Å²) in [4.78, 5) is 2.58. The monoisotopic (exact) mass is 230 g/mol. The molecule has 0 bridgehead atoms. The van der Waals surface area contributed by atoms with Crippen LogP contribution in [0.3, 0.4) is 0 Å². The van der Waals surface area contributed by atoms with Crippen molar-refractivity contribution in [2.24, 2.45) is 5.73 Å². The van der Waals surface area contributed by atoms with Gasteiger partial charge < -0.3 is 10.6 Å². The number of nitrogens with zero attached hydrogens (tertiary/aromatic N) is 1. The first-order valence-corrected chi connectivity index (χ1v) is 6.88. The van der Waals surface area contributed by atoms with Gasteiger partial charge in [-0.3, -0.25) is 0 Å². The molecule has 1 aromatic carbocycles. The number of fused-ring (bicyclic) bond motifs is 1. The maximum atomic E-state index is 6.45. The van der Waals surface area contributed by atoms with Gasteiger partial charge in [-0.25, -0.2) is 0 Å². The highest BCUT2D eigenvalue weighted by Gasteiger charge is 2.47. The summed E-state index contributed by atoms with van der Waals surface area (Å²) in [6.45, 7) is 3.45. The second kappa shape index (κ2) is 4.02. The molecule has 0 saturated heterocycles. The molecule has 2 heteroatoms. The Balaban J connectivity index is 1.93. The van der Waals surface area contributed by atoms with Gasteiger partial charge in [0, 0.05) is 23.8 Å². The predicted molar refractivity (Wildman–Crippen MR) is 72.3 cm³/mol. The number of benzene rings is 1. The molecule has 3 rings (SSSR count). The van der Waals surface area contributed by atoms with Crippen molar-refractivity contribution < 1.29 is 0 Å². The summed E-state index contributed by atoms with van der Waals surface area (Å²) in [5.74, 6) is 0. The normalized spacial score (nSPS) is 23.1. The van der Waals surface area contributed by atoms with Crippen LogP contribution in [-0.4, -0.2) is 18.1 Å². The van der Waals surface area contributed by atoms with Crippen molar-refractivity contribution in [2.75, 3.05) is 11.4 Å². The fourth-order valence-corrected chi connectivity index (χ4v) is 3.30. The molecular weight excluding hydrogens is 208 g/mol. The molecule has 1 fully saturated rings. The van der Waals surface area contributed by atoms with Crippen molar-refractivity contribution in [2.45, 2.75) is 50.6 Å². The maximum Gasteiger partial charge on any atom is 0.0467 e. The van der Waals surface area contributed by atoms with E-state index in [0.29, 0.717) is 6.04 Å². The van der Waals surface area contributed by atoms with E-state index in [2.05, 4.69) is 36.1 Å². The SMILES string of the molecule is CCC(N1CCCc2ccccc21)C1(N)CC1. The quantitative estimate of drug-likeness (QED) is 0.865. The Hall–Kier alpha value is -1.02. The molecule has 0 radical (unpaired) electrons. The number of rotatable bonds is 3. The van der Waals surface area contributed by atoms with Crippen molar-refractivity contribution in [1.82, 2.24) is 0 Å². The zero-order valence-corrected chi connectivity index (χ0v) is 10.7. The molecule has 17 heavy (non-hydrogen) atoms. The van der Waals surface area contributed by atoms with Crippen LogP contribution in [0.5, 0.6) is 0 Å². The molecule has 1 unspecified atom stereocenters. The molecule has 1 saturated carbocycles. The van der Waals surface area contributed by atoms with Gasteiger partial charge in [0.1, 0.15) is 0 Å². The Bertz CT molecular complexity index is 409. The van der Waals surface area contributed by atoms with E-state index in [0.717, 1.165) is 6.42 Å². The molecule has 1 atom stereocenters. The van der Waals surface area contributed by atoms with E-state index in [1.165, 1.54) is 43.5 Å². The van der Waals surface area contributed by atoms with Crippen molar-refractivity contribution in [1.29, 1.82) is 0 Å². The smallest absolute Gasteiger partial charge is 0.0467 e. The summed E-state index contributed by atoms with van der Waals surface area (Å²) >= 11 is 0. The number of hydrogen-bond acceptors (Lipinski definition) is 2. The molecule has 0 spiro atoms. The Morgan fingerprint density at radius 3 is 2.82 bits per heavy atom. The minimum absolute atomic E-state index is 0.0964. The zero-order valence-electron chi connectivity index (χ0n) is 10.7. The lowest BCUT2D eigenvalue weighted by atomic mass is 9.95. The molecule has 0 aromatic heterocycles. The molecule has 1 aliphatic carbocycles. The largest absolute Gasteiger partial charge is 0.366 e. The fraction of sp³-hybridized carbons (Fsp3) is 0.600. The number of anilines is 1. The Morgan fingerprint density at radius 1 is 1.35 bits per heavy atom. The number of aryl methyl sites for hydroxylation is 1. The standard InChI is InChI=1S/C15H22N2/c1-2-14(15(16)9-10-15)17-11-5-7-12-6-3-4-8-13(12)17/h3-4,6,8,14H,2,5,7,9-11,16H2,1H3. The Labute approximate surface area is 104 Å². The Kier molecular flexibility index (Phi) is 2.62. The minimum atomic E-state index is 0.0964. The predicted octanol–water partition coefficient (Wildman–Crippen LogP) is 2.71. The third-order valence-corrected chi connectivity index (χ3v) is 4.40. The van der Waals surface area contributed by atoms with Crippen LogP contribution < -0.4 is 10.6 Å². The van der Waals surface area contributed by atoms with Crippen LogP contribution in [0, 0.1) is 0 Å². The lowest BCUT2D eigenvalue weighted by Crippen LogP contribution is -2.51. The summed E-state index contributed by atoms with van der Waals surface area (Å²) < 4.78 is 0. The maximum absolute atomic E-state index is 6.45. The first-order valence-electron chi connectivity index (χ1n) is 6.88. The molecule has 1 aromatic rings. The van der Waals surface area contributed by atoms with Crippen LogP contribution >= 0.6 is 0 Å². The van der Waals surface area contributed by atoms with Gasteiger partial charge in [-0.2, -0.15) is 0 Å². The second-order valence-corrected chi connectivity index (χ2v) is 5.58. The summed E-state index contributed by atoms with van der Waals surface area (Å²) in [6.07, 6.45) is 6.05. The van der Waals surface area contributed by atoms with Crippen LogP contribution in [0.2, 0.25) is 0 Å². The van der Waals surface area contributed by atoms with Gasteiger partial charge in [0.2, 0.25) is 0 Å². The van der Waals surface area contributed by atoms with Crippen LogP contribution in [0.25, 0.3) is 0 Å². The van der Waals surface area contributed by atoms with Crippen molar-refractivity contribution in [3.63, 3.8) is 0 Å². The van der Waals surface area contributed by atoms with Gasteiger partial charge >= 0.3 is 0 Å². The summed E-state index contributed by atoms with van der Waals surface area (Å²) in [5, 5.41) is 0. The first-order chi connectivity index (χ1) is 8.24. The van der Waals surface area contributed by atoms with E-state index in [1.54, 1.807) is 0 Å². The highest BCUT2D eigenvalue weighted by molar-refractivity contribution is 5.57. The molecule has 0 amide bonds. The van der Waals surface area contributed by atoms with Gasteiger partial charge in [-0.15, -0.1) is 0 Å². The lowest BCUT2D eigenvalue weighted by Gasteiger charge is -2.40. The molecule has 1 aliphatic heterocycles. The number of para-hydroxylation sites is 1. The van der Waals surface area contributed by atoms with E-state index in [4.69, 9.17) is 5.73 Å². The van der Waals surface area contributed by atoms with Gasteiger partial charge in [-0.05, 0) is 43.7 Å². The highest BCUT2D eigenvalue weighted by Crippen LogP contribution is 2.42. The zero-order chi connectivity index (χ0) is 11.9. The second-order valence-electron chi connectivity index (χ2n) is 5.58. The molecule has 92 valence electrons. The van der Waals surface area contributed by atoms with Gasteiger partial charge in [-0.1, -0.05) is 25.1 Å². The fourth-order valence-electron chi connectivity index (χ4n) is 3.30. The van der Waals surface area contributed by atoms with Gasteiger partial charge in [0.25, 0.3) is 0 Å². The third-order valence-electron chi connectivity index (χ3n) is 4.40. The first kappa shape index (κ1) is 11.1. The molecule has 2 N–H and O–H groups in total. The van der Waals surface area contributed by atoms with E-state index in [-0.39, 0.29) is 5.54 Å². The molecule has 2 aliphatic rings. The van der Waals surface area contributed by atoms with E-state index < -0.39 is 0 Å². The van der Waals surface area contributed by atoms with E-state index in [9.17, 15) is 0 Å². The average Bonchev–Trinajstić information content (AvgIpc) is 3.09. The average molecular weight is 230 g/mol. The van der Waals surface area contributed by atoms with Gasteiger partial charge in [0.15, 0.2) is 0 Å². The summed E-state index contributed by atoms with van der Waals surface area (Å²) in [6, 6.07) is 9.37. The van der Waals surface area contributed by atoms with E-state index >= 15 is 0 Å². The number of hydrogen-bond donors (Lipinski definition) is 1. The van der Waals surface area contributed by atoms with Crippen LogP contribution in [0.15, 0.2) is 24.3 Å². The van der Waals surface area contributed by atoms with Crippen molar-refractivity contribution >= 4 is 5.69 Å².